The summed E-state index contributed by atoms with van der Waals surface area (Å²) in [4.78, 5) is 20.7. The maximum atomic E-state index is 12.2. The lowest BCUT2D eigenvalue weighted by atomic mass is 10.2. The zero-order chi connectivity index (χ0) is 23.6. The number of halogens is 1. The molecule has 0 bridgehead atoms. The number of ether oxygens (including phenoxy) is 2. The third kappa shape index (κ3) is 7.08. The van der Waals surface area contributed by atoms with E-state index in [0.29, 0.717) is 48.7 Å². The van der Waals surface area contributed by atoms with Crippen molar-refractivity contribution in [2.75, 3.05) is 13.2 Å². The minimum atomic E-state index is -0.0929. The number of amides is 1. The maximum Gasteiger partial charge on any atom is 0.220 e. The summed E-state index contributed by atoms with van der Waals surface area (Å²) in [5.41, 5.74) is 1.76. The van der Waals surface area contributed by atoms with Crippen LogP contribution >= 0.6 is 11.6 Å². The Kier molecular flexibility index (Phi) is 8.13. The largest absolute Gasteiger partial charge is 0.490 e. The van der Waals surface area contributed by atoms with E-state index in [-0.39, 0.29) is 12.3 Å². The van der Waals surface area contributed by atoms with Gasteiger partial charge in [0, 0.05) is 42.2 Å². The molecule has 4 rings (SSSR count). The summed E-state index contributed by atoms with van der Waals surface area (Å²) in [5, 5.41) is 3.54. The van der Waals surface area contributed by atoms with Crippen molar-refractivity contribution in [1.29, 1.82) is 0 Å². The second kappa shape index (κ2) is 11.9. The molecule has 7 nitrogen and oxygen atoms in total. The number of para-hydroxylation sites is 1. The van der Waals surface area contributed by atoms with Gasteiger partial charge >= 0.3 is 0 Å². The highest BCUT2D eigenvalue weighted by Gasteiger charge is 2.09. The lowest BCUT2D eigenvalue weighted by molar-refractivity contribution is -0.121. The quantitative estimate of drug-likeness (QED) is 0.302. The molecule has 0 radical (unpaired) electrons. The zero-order valence-electron chi connectivity index (χ0n) is 18.4. The van der Waals surface area contributed by atoms with Crippen LogP contribution in [0.15, 0.2) is 83.5 Å². The van der Waals surface area contributed by atoms with Crippen LogP contribution in [0, 0.1) is 0 Å². The molecule has 1 amide bonds. The van der Waals surface area contributed by atoms with Gasteiger partial charge in [-0.05, 0) is 42.0 Å². The number of hydrogen-bond donors (Lipinski definition) is 1. The van der Waals surface area contributed by atoms with Gasteiger partial charge < -0.3 is 19.2 Å². The molecule has 0 unspecified atom stereocenters. The van der Waals surface area contributed by atoms with E-state index in [4.69, 9.17) is 25.5 Å². The molecule has 2 aromatic heterocycles. The first-order chi connectivity index (χ1) is 16.7. The number of nitrogens with zero attached hydrogens (tertiary/aromatic N) is 2. The number of pyridine rings is 1. The molecule has 0 spiro atoms. The molecule has 2 aromatic carbocycles. The van der Waals surface area contributed by atoms with E-state index in [1.54, 1.807) is 30.6 Å². The third-order valence-corrected chi connectivity index (χ3v) is 5.13. The summed E-state index contributed by atoms with van der Waals surface area (Å²) in [6.45, 7) is 1.19. The number of carbonyl (C=O) groups excluding carboxylic acids is 1. The number of hydrogen-bond acceptors (Lipinski definition) is 6. The van der Waals surface area contributed by atoms with Crippen LogP contribution in [0.5, 0.6) is 11.6 Å². The lowest BCUT2D eigenvalue weighted by Crippen LogP contribution is -2.23. The Bertz CT molecular complexity index is 1180. The van der Waals surface area contributed by atoms with E-state index in [1.807, 2.05) is 48.5 Å². The monoisotopic (exact) mass is 477 g/mol. The number of oxazole rings is 1. The van der Waals surface area contributed by atoms with Crippen molar-refractivity contribution in [3.63, 3.8) is 0 Å². The van der Waals surface area contributed by atoms with E-state index < -0.39 is 0 Å². The SMILES string of the molecule is O=C(CCc1ncc(-c2ccc(Cl)cc2)o1)NCc1ccc(OCCOc2ccccc2)nc1. The smallest absolute Gasteiger partial charge is 0.220 e. The van der Waals surface area contributed by atoms with E-state index in [9.17, 15) is 4.79 Å². The highest BCUT2D eigenvalue weighted by atomic mass is 35.5. The van der Waals surface area contributed by atoms with Gasteiger partial charge in [0.1, 0.15) is 19.0 Å². The molecule has 1 N–H and O–H groups in total. The van der Waals surface area contributed by atoms with E-state index >= 15 is 0 Å². The van der Waals surface area contributed by atoms with Crippen molar-refractivity contribution in [2.45, 2.75) is 19.4 Å². The minimum absolute atomic E-state index is 0.0929. The molecule has 34 heavy (non-hydrogen) atoms. The summed E-state index contributed by atoms with van der Waals surface area (Å²) in [5.74, 6) is 2.37. The fraction of sp³-hybridized carbons (Fsp3) is 0.192. The number of nitrogens with one attached hydrogen (secondary N) is 1. The normalized spacial score (nSPS) is 10.6. The van der Waals surface area contributed by atoms with Crippen LogP contribution in [0.1, 0.15) is 17.9 Å². The first kappa shape index (κ1) is 23.3. The zero-order valence-corrected chi connectivity index (χ0v) is 19.2. The molecular weight excluding hydrogens is 454 g/mol. The molecular formula is C26H24ClN3O4. The van der Waals surface area contributed by atoms with Gasteiger partial charge in [-0.25, -0.2) is 9.97 Å². The average Bonchev–Trinajstić information content (AvgIpc) is 3.35. The summed E-state index contributed by atoms with van der Waals surface area (Å²) >= 11 is 5.91. The van der Waals surface area contributed by atoms with Gasteiger partial charge in [-0.2, -0.15) is 0 Å². The van der Waals surface area contributed by atoms with Gasteiger partial charge in [-0.3, -0.25) is 4.79 Å². The molecule has 4 aromatic rings. The number of carbonyl (C=O) groups is 1. The highest BCUT2D eigenvalue weighted by Crippen LogP contribution is 2.22. The van der Waals surface area contributed by atoms with E-state index in [2.05, 4.69) is 15.3 Å². The standard InChI is InChI=1S/C26H24ClN3O4/c27-21-9-7-20(8-10-21)23-18-30-26(34-23)13-11-24(31)28-16-19-6-12-25(29-17-19)33-15-14-32-22-4-2-1-3-5-22/h1-10,12,17-18H,11,13-16H2,(H,28,31). The topological polar surface area (TPSA) is 86.5 Å². The Morgan fingerprint density at radius 1 is 0.912 bits per heavy atom. The van der Waals surface area contributed by atoms with E-state index in [1.165, 1.54) is 0 Å². The Morgan fingerprint density at radius 2 is 1.71 bits per heavy atom. The molecule has 0 aliphatic heterocycles. The predicted octanol–water partition coefficient (Wildman–Crippen LogP) is 5.10. The number of benzene rings is 2. The molecule has 2 heterocycles. The molecule has 0 saturated heterocycles. The van der Waals surface area contributed by atoms with Gasteiger partial charge in [0.05, 0.1) is 6.20 Å². The fourth-order valence-corrected chi connectivity index (χ4v) is 3.23. The van der Waals surface area contributed by atoms with Crippen LogP contribution in [0.3, 0.4) is 0 Å². The van der Waals surface area contributed by atoms with Crippen LogP contribution in [0.25, 0.3) is 11.3 Å². The molecule has 0 fully saturated rings. The van der Waals surface area contributed by atoms with Crippen LogP contribution in [0.4, 0.5) is 0 Å². The first-order valence-corrected chi connectivity index (χ1v) is 11.3. The van der Waals surface area contributed by atoms with Crippen LogP contribution in [-0.4, -0.2) is 29.1 Å². The van der Waals surface area contributed by atoms with E-state index in [0.717, 1.165) is 16.9 Å². The summed E-state index contributed by atoms with van der Waals surface area (Å²) < 4.78 is 16.9. The van der Waals surface area contributed by atoms with Crippen molar-refractivity contribution in [1.82, 2.24) is 15.3 Å². The number of rotatable bonds is 11. The van der Waals surface area contributed by atoms with Crippen LogP contribution in [-0.2, 0) is 17.8 Å². The number of aromatic nitrogens is 2. The highest BCUT2D eigenvalue weighted by molar-refractivity contribution is 6.30. The molecule has 174 valence electrons. The summed E-state index contributed by atoms with van der Waals surface area (Å²) in [6, 6.07) is 20.5. The Hall–Kier alpha value is -3.84. The minimum Gasteiger partial charge on any atom is -0.490 e. The Balaban J connectivity index is 1.14. The Morgan fingerprint density at radius 3 is 2.47 bits per heavy atom. The van der Waals surface area contributed by atoms with Crippen molar-refractivity contribution >= 4 is 17.5 Å². The van der Waals surface area contributed by atoms with Crippen LogP contribution < -0.4 is 14.8 Å². The molecule has 0 atom stereocenters. The van der Waals surface area contributed by atoms with Crippen molar-refractivity contribution < 1.29 is 18.7 Å². The van der Waals surface area contributed by atoms with Crippen LogP contribution in [0.2, 0.25) is 5.02 Å². The van der Waals surface area contributed by atoms with Crippen molar-refractivity contribution in [2.24, 2.45) is 0 Å². The van der Waals surface area contributed by atoms with Gasteiger partial charge in [-0.15, -0.1) is 0 Å². The maximum absolute atomic E-state index is 12.2. The van der Waals surface area contributed by atoms with Gasteiger partial charge in [0.25, 0.3) is 0 Å². The second-order valence-electron chi connectivity index (χ2n) is 7.42. The summed E-state index contributed by atoms with van der Waals surface area (Å²) in [6.07, 6.45) is 4.02. The van der Waals surface area contributed by atoms with Gasteiger partial charge in [-0.1, -0.05) is 35.9 Å². The van der Waals surface area contributed by atoms with Crippen molar-refractivity contribution in [3.8, 4) is 23.0 Å². The lowest BCUT2D eigenvalue weighted by Gasteiger charge is -2.08. The molecule has 0 aliphatic rings. The van der Waals surface area contributed by atoms with Crippen molar-refractivity contribution in [3.05, 3.63) is 95.6 Å². The second-order valence-corrected chi connectivity index (χ2v) is 7.85. The number of aryl methyl sites for hydroxylation is 1. The van der Waals surface area contributed by atoms with Gasteiger partial charge in [0.2, 0.25) is 11.8 Å². The molecule has 8 heteroatoms. The fourth-order valence-electron chi connectivity index (χ4n) is 3.11. The molecule has 0 aliphatic carbocycles. The Labute approximate surface area is 202 Å². The average molecular weight is 478 g/mol. The summed E-state index contributed by atoms with van der Waals surface area (Å²) in [7, 11) is 0. The third-order valence-electron chi connectivity index (χ3n) is 4.88. The first-order valence-electron chi connectivity index (χ1n) is 10.9. The predicted molar refractivity (Wildman–Crippen MR) is 129 cm³/mol. The van der Waals surface area contributed by atoms with Gasteiger partial charge in [0.15, 0.2) is 11.7 Å². The molecule has 0 saturated carbocycles.